The first-order valence-corrected chi connectivity index (χ1v) is 12.9. The van der Waals surface area contributed by atoms with Gasteiger partial charge in [0.25, 0.3) is 0 Å². The molecule has 3 aromatic rings. The molecule has 0 radical (unpaired) electrons. The zero-order valence-corrected chi connectivity index (χ0v) is 21.8. The quantitative estimate of drug-likeness (QED) is 0.311. The van der Waals surface area contributed by atoms with Crippen molar-refractivity contribution in [1.82, 2.24) is 0 Å². The van der Waals surface area contributed by atoms with Crippen LogP contribution in [0.4, 0.5) is 5.69 Å². The summed E-state index contributed by atoms with van der Waals surface area (Å²) in [6.45, 7) is 2.25. The van der Waals surface area contributed by atoms with E-state index in [1.807, 2.05) is 24.3 Å². The number of benzene rings is 3. The maximum Gasteiger partial charge on any atom is 0.108 e. The first kappa shape index (κ1) is 25.4. The maximum absolute atomic E-state index is 6.86. The summed E-state index contributed by atoms with van der Waals surface area (Å²) in [5.41, 5.74) is 5.09. The molecule has 2 heterocycles. The minimum Gasteiger partial charge on any atom is -0.365 e. The Balaban J connectivity index is 0.00000274. The second kappa shape index (κ2) is 11.4. The molecule has 1 unspecified atom stereocenters. The maximum atomic E-state index is 6.86. The molecule has 0 saturated carbocycles. The summed E-state index contributed by atoms with van der Waals surface area (Å²) in [4.78, 5) is 2.68. The van der Waals surface area contributed by atoms with Gasteiger partial charge in [0.15, 0.2) is 0 Å². The van der Waals surface area contributed by atoms with Crippen molar-refractivity contribution in [2.45, 2.75) is 69.7 Å². The van der Waals surface area contributed by atoms with E-state index in [4.69, 9.17) is 27.9 Å². The smallest absolute Gasteiger partial charge is 0.108 e. The van der Waals surface area contributed by atoms with E-state index >= 15 is 0 Å². The number of aryl methyl sites for hydroxylation is 1. The van der Waals surface area contributed by atoms with E-state index < -0.39 is 0 Å². The number of hydrogen-bond donors (Lipinski definition) is 0. The highest BCUT2D eigenvalue weighted by molar-refractivity contribution is 6.30. The molecule has 2 fully saturated rings. The highest BCUT2D eigenvalue weighted by atomic mass is 35.5. The van der Waals surface area contributed by atoms with E-state index in [0.717, 1.165) is 40.4 Å². The second-order valence-electron chi connectivity index (χ2n) is 9.42. The third-order valence-electron chi connectivity index (χ3n) is 7.11. The van der Waals surface area contributed by atoms with Gasteiger partial charge in [0.1, 0.15) is 6.10 Å². The molecular weight excluding hydrogens is 485 g/mol. The zero-order valence-electron chi connectivity index (χ0n) is 19.5. The van der Waals surface area contributed by atoms with E-state index in [1.54, 1.807) is 0 Å². The molecule has 2 aliphatic rings. The lowest BCUT2D eigenvalue weighted by molar-refractivity contribution is -0.0132. The van der Waals surface area contributed by atoms with Gasteiger partial charge >= 0.3 is 0 Å². The van der Waals surface area contributed by atoms with Gasteiger partial charge in [-0.3, -0.25) is 0 Å². The lowest BCUT2D eigenvalue weighted by atomic mass is 9.96. The molecule has 2 saturated heterocycles. The predicted molar refractivity (Wildman–Crippen MR) is 146 cm³/mol. The van der Waals surface area contributed by atoms with Crippen LogP contribution in [-0.2, 0) is 11.2 Å². The lowest BCUT2D eigenvalue weighted by Crippen LogP contribution is -2.46. The fourth-order valence-electron chi connectivity index (χ4n) is 5.64. The third kappa shape index (κ3) is 5.57. The van der Waals surface area contributed by atoms with Crippen LogP contribution in [0.15, 0.2) is 72.8 Å². The third-order valence-corrected chi connectivity index (χ3v) is 7.62. The van der Waals surface area contributed by atoms with Crippen molar-refractivity contribution in [1.29, 1.82) is 0 Å². The fraction of sp³-hybridized carbons (Fsp3) is 0.379. The summed E-state index contributed by atoms with van der Waals surface area (Å²) in [7, 11) is 0. The minimum absolute atomic E-state index is 0. The van der Waals surface area contributed by atoms with Crippen molar-refractivity contribution >= 4 is 41.3 Å². The van der Waals surface area contributed by atoms with Crippen LogP contribution in [0.5, 0.6) is 0 Å². The normalized spacial score (nSPS) is 21.5. The van der Waals surface area contributed by atoms with Gasteiger partial charge in [-0.25, -0.2) is 0 Å². The van der Waals surface area contributed by atoms with Gasteiger partial charge in [-0.1, -0.05) is 72.9 Å². The van der Waals surface area contributed by atoms with E-state index in [9.17, 15) is 0 Å². The molecule has 2 aliphatic heterocycles. The van der Waals surface area contributed by atoms with Crippen LogP contribution in [0.1, 0.15) is 61.8 Å². The largest absolute Gasteiger partial charge is 0.365 e. The number of hydrogen-bond acceptors (Lipinski definition) is 2. The van der Waals surface area contributed by atoms with Gasteiger partial charge in [0.2, 0.25) is 0 Å². The summed E-state index contributed by atoms with van der Waals surface area (Å²) >= 11 is 12.3. The summed E-state index contributed by atoms with van der Waals surface area (Å²) in [5.74, 6) is 0. The molecule has 0 aromatic heterocycles. The van der Waals surface area contributed by atoms with E-state index in [0.29, 0.717) is 12.1 Å². The Hall–Kier alpha value is -1.71. The van der Waals surface area contributed by atoms with Gasteiger partial charge in [0, 0.05) is 27.8 Å². The molecule has 3 atom stereocenters. The van der Waals surface area contributed by atoms with Crippen molar-refractivity contribution in [3.63, 3.8) is 0 Å². The van der Waals surface area contributed by atoms with Crippen molar-refractivity contribution < 1.29 is 4.74 Å². The molecule has 0 aliphatic carbocycles. The van der Waals surface area contributed by atoms with Crippen molar-refractivity contribution in [2.24, 2.45) is 0 Å². The van der Waals surface area contributed by atoms with Gasteiger partial charge < -0.3 is 9.64 Å². The van der Waals surface area contributed by atoms with Gasteiger partial charge in [-0.05, 0) is 85.2 Å². The Morgan fingerprint density at radius 1 is 0.853 bits per heavy atom. The highest BCUT2D eigenvalue weighted by Gasteiger charge is 2.42. The molecule has 34 heavy (non-hydrogen) atoms. The molecule has 0 amide bonds. The number of rotatable bonds is 7. The Kier molecular flexibility index (Phi) is 8.47. The van der Waals surface area contributed by atoms with Crippen LogP contribution < -0.4 is 4.90 Å². The molecule has 2 bridgehead atoms. The summed E-state index contributed by atoms with van der Waals surface area (Å²) in [5, 5.41) is 1.48. The number of halogens is 3. The standard InChI is InChI=1S/C29H31Cl2NO.ClH/c1-2-4-20-5-3-6-25(17-20)32-26-15-16-27(32)19-28(18-26)33-29(21-7-11-23(30)12-8-21)22-9-13-24(31)14-10-22;/h3,5-14,17,26-29H,2,4,15-16,18-19H2,1H3;1H/t26-,27+,28?;. The van der Waals surface area contributed by atoms with Crippen LogP contribution in [0.2, 0.25) is 10.0 Å². The highest BCUT2D eigenvalue weighted by Crippen LogP contribution is 2.42. The fourth-order valence-corrected chi connectivity index (χ4v) is 5.89. The molecule has 5 rings (SSSR count). The van der Waals surface area contributed by atoms with E-state index in [2.05, 4.69) is 60.4 Å². The molecule has 2 nitrogen and oxygen atoms in total. The molecule has 3 aromatic carbocycles. The average molecular weight is 517 g/mol. The number of fused-ring (bicyclic) bond motifs is 2. The van der Waals surface area contributed by atoms with Gasteiger partial charge in [-0.2, -0.15) is 0 Å². The van der Waals surface area contributed by atoms with Crippen LogP contribution in [0.3, 0.4) is 0 Å². The first-order valence-electron chi connectivity index (χ1n) is 12.1. The van der Waals surface area contributed by atoms with Crippen LogP contribution in [0, 0.1) is 0 Å². The van der Waals surface area contributed by atoms with Crippen molar-refractivity contribution in [3.05, 3.63) is 99.5 Å². The predicted octanol–water partition coefficient (Wildman–Crippen LogP) is 8.67. The first-order chi connectivity index (χ1) is 16.1. The van der Waals surface area contributed by atoms with Gasteiger partial charge in [-0.15, -0.1) is 12.4 Å². The lowest BCUT2D eigenvalue weighted by Gasteiger charge is -2.41. The minimum atomic E-state index is -0.122. The average Bonchev–Trinajstić information content (AvgIpc) is 3.09. The number of nitrogens with zero attached hydrogens (tertiary/aromatic N) is 1. The SMILES string of the molecule is CCCc1cccc(N2[C@@H]3CC[C@H]2CC(OC(c2ccc(Cl)cc2)c2ccc(Cl)cc2)C3)c1.Cl. The number of anilines is 1. The summed E-state index contributed by atoms with van der Waals surface area (Å²) in [6, 6.07) is 26.3. The molecule has 180 valence electrons. The molecule has 0 spiro atoms. The summed E-state index contributed by atoms with van der Waals surface area (Å²) < 4.78 is 6.86. The van der Waals surface area contributed by atoms with Crippen molar-refractivity contribution in [3.8, 4) is 0 Å². The monoisotopic (exact) mass is 515 g/mol. The van der Waals surface area contributed by atoms with Crippen LogP contribution >= 0.6 is 35.6 Å². The number of piperidine rings is 1. The topological polar surface area (TPSA) is 12.5 Å². The molecule has 0 N–H and O–H groups in total. The van der Waals surface area contributed by atoms with E-state index in [1.165, 1.54) is 30.5 Å². The second-order valence-corrected chi connectivity index (χ2v) is 10.3. The molecule has 5 heteroatoms. The Bertz CT molecular complexity index is 1010. The Morgan fingerprint density at radius 3 is 1.94 bits per heavy atom. The van der Waals surface area contributed by atoms with Crippen molar-refractivity contribution in [2.75, 3.05) is 4.90 Å². The van der Waals surface area contributed by atoms with Crippen LogP contribution in [-0.4, -0.2) is 18.2 Å². The van der Waals surface area contributed by atoms with E-state index in [-0.39, 0.29) is 24.6 Å². The Labute approximate surface area is 219 Å². The Morgan fingerprint density at radius 2 is 1.41 bits per heavy atom. The summed E-state index contributed by atoms with van der Waals surface area (Å²) in [6.07, 6.45) is 7.05. The zero-order chi connectivity index (χ0) is 22.8. The van der Waals surface area contributed by atoms with Crippen LogP contribution in [0.25, 0.3) is 0 Å². The molecular formula is C29H32Cl3NO. The van der Waals surface area contributed by atoms with Gasteiger partial charge in [0.05, 0.1) is 6.10 Å². The number of ether oxygens (including phenoxy) is 1.